The van der Waals surface area contributed by atoms with Gasteiger partial charge in [-0.15, -0.1) is 0 Å². The molecule has 0 radical (unpaired) electrons. The third kappa shape index (κ3) is 2.34. The van der Waals surface area contributed by atoms with Crippen LogP contribution in [-0.4, -0.2) is 10.5 Å². The van der Waals surface area contributed by atoms with E-state index in [9.17, 15) is 0 Å². The van der Waals surface area contributed by atoms with Gasteiger partial charge in [-0.1, -0.05) is 71.9 Å². The smallest absolute Gasteiger partial charge is 0.147 e. The molecule has 17 heavy (non-hydrogen) atoms. The van der Waals surface area contributed by atoms with Gasteiger partial charge in [0.2, 0.25) is 0 Å². The minimum atomic E-state index is -0.229. The monoisotopic (exact) mass is 250 g/mol. The lowest BCUT2D eigenvalue weighted by molar-refractivity contribution is -0.119. The third-order valence-electron chi connectivity index (χ3n) is 3.60. The molecule has 0 heterocycles. The average molecular weight is 250 g/mol. The van der Waals surface area contributed by atoms with Gasteiger partial charge in [0.15, 0.2) is 0 Å². The minimum absolute atomic E-state index is 0.0638. The van der Waals surface area contributed by atoms with Gasteiger partial charge in [-0.05, 0) is 16.4 Å². The van der Waals surface area contributed by atoms with Crippen molar-refractivity contribution in [3.05, 3.63) is 35.9 Å². The summed E-state index contributed by atoms with van der Waals surface area (Å²) < 4.78 is 6.19. The molecule has 0 atom stereocenters. The SMILES string of the molecule is CC(C)(C)C(O[SiH3])(c1ccccc1)C(C)(C)C. The van der Waals surface area contributed by atoms with E-state index in [2.05, 4.69) is 71.9 Å². The van der Waals surface area contributed by atoms with Crippen molar-refractivity contribution in [3.8, 4) is 0 Å². The molecule has 0 aliphatic carbocycles. The summed E-state index contributed by atoms with van der Waals surface area (Å²) in [6, 6.07) is 10.6. The van der Waals surface area contributed by atoms with Crippen molar-refractivity contribution < 1.29 is 4.43 Å². The molecule has 0 unspecified atom stereocenters. The van der Waals surface area contributed by atoms with E-state index in [-0.39, 0.29) is 16.4 Å². The van der Waals surface area contributed by atoms with Crippen molar-refractivity contribution in [2.24, 2.45) is 10.8 Å². The lowest BCUT2D eigenvalue weighted by Crippen LogP contribution is -2.52. The van der Waals surface area contributed by atoms with Crippen LogP contribution in [0.1, 0.15) is 47.1 Å². The molecule has 0 saturated heterocycles. The zero-order valence-corrected chi connectivity index (χ0v) is 14.3. The Labute approximate surface area is 109 Å². The fourth-order valence-corrected chi connectivity index (χ4v) is 4.85. The summed E-state index contributed by atoms with van der Waals surface area (Å²) in [7, 11) is 0.743. The fourth-order valence-electron chi connectivity index (χ4n) is 3.39. The summed E-state index contributed by atoms with van der Waals surface area (Å²) in [5, 5.41) is 0. The molecule has 0 bridgehead atoms. The Bertz CT molecular complexity index is 343. The highest BCUT2D eigenvalue weighted by atomic mass is 28.2. The highest BCUT2D eigenvalue weighted by molar-refractivity contribution is 5.98. The Hall–Kier alpha value is -0.603. The van der Waals surface area contributed by atoms with Gasteiger partial charge in [0.05, 0.1) is 5.60 Å². The topological polar surface area (TPSA) is 9.23 Å². The largest absolute Gasteiger partial charge is 0.417 e. The first-order valence-electron chi connectivity index (χ1n) is 6.27. The molecule has 96 valence electrons. The second kappa shape index (κ2) is 4.58. The van der Waals surface area contributed by atoms with E-state index in [4.69, 9.17) is 4.43 Å². The number of rotatable bonds is 2. The van der Waals surface area contributed by atoms with Crippen molar-refractivity contribution in [2.45, 2.75) is 47.1 Å². The molecule has 0 aliphatic rings. The fraction of sp³-hybridized carbons (Fsp3) is 0.600. The molecule has 0 saturated carbocycles. The molecule has 0 aliphatic heterocycles. The van der Waals surface area contributed by atoms with E-state index in [0.29, 0.717) is 0 Å². The van der Waals surface area contributed by atoms with Crippen LogP contribution in [0.2, 0.25) is 0 Å². The van der Waals surface area contributed by atoms with Crippen LogP contribution >= 0.6 is 0 Å². The van der Waals surface area contributed by atoms with Crippen LogP contribution in [0.25, 0.3) is 0 Å². The average Bonchev–Trinajstić information content (AvgIpc) is 2.16. The summed E-state index contributed by atoms with van der Waals surface area (Å²) in [6.07, 6.45) is 0. The van der Waals surface area contributed by atoms with E-state index in [1.807, 2.05) is 0 Å². The molecule has 0 N–H and O–H groups in total. The standard InChI is InChI=1S/C15H26OSi/c1-13(2,3)15(16-17,14(4,5)6)12-10-8-7-9-11-12/h7-11H,1-6,17H3. The molecule has 1 rings (SSSR count). The van der Waals surface area contributed by atoms with E-state index >= 15 is 0 Å². The molecule has 0 spiro atoms. The Morgan fingerprint density at radius 2 is 1.24 bits per heavy atom. The van der Waals surface area contributed by atoms with Crippen molar-refractivity contribution in [1.82, 2.24) is 0 Å². The summed E-state index contributed by atoms with van der Waals surface area (Å²) >= 11 is 0. The second-order valence-electron chi connectivity index (χ2n) is 6.75. The van der Waals surface area contributed by atoms with Gasteiger partial charge in [0, 0.05) is 0 Å². The van der Waals surface area contributed by atoms with E-state index in [0.717, 1.165) is 10.5 Å². The third-order valence-corrected chi connectivity index (χ3v) is 4.21. The predicted octanol–water partition coefficient (Wildman–Crippen LogP) is 3.27. The van der Waals surface area contributed by atoms with Gasteiger partial charge < -0.3 is 4.43 Å². The molecule has 2 heteroatoms. The minimum Gasteiger partial charge on any atom is -0.417 e. The maximum Gasteiger partial charge on any atom is 0.147 e. The highest BCUT2D eigenvalue weighted by Gasteiger charge is 2.51. The van der Waals surface area contributed by atoms with Crippen molar-refractivity contribution in [2.75, 3.05) is 0 Å². The highest BCUT2D eigenvalue weighted by Crippen LogP contribution is 2.53. The van der Waals surface area contributed by atoms with Crippen LogP contribution < -0.4 is 0 Å². The first-order chi connectivity index (χ1) is 7.67. The van der Waals surface area contributed by atoms with Crippen LogP contribution in [0.3, 0.4) is 0 Å². The Morgan fingerprint density at radius 3 is 1.53 bits per heavy atom. The summed E-state index contributed by atoms with van der Waals surface area (Å²) in [4.78, 5) is 0. The molecular weight excluding hydrogens is 224 g/mol. The van der Waals surface area contributed by atoms with Gasteiger partial charge in [-0.25, -0.2) is 0 Å². The normalized spacial score (nSPS) is 14.0. The summed E-state index contributed by atoms with van der Waals surface area (Å²) in [6.45, 7) is 13.6. The van der Waals surface area contributed by atoms with Crippen molar-refractivity contribution >= 4 is 10.5 Å². The van der Waals surface area contributed by atoms with Crippen LogP contribution in [-0.2, 0) is 10.0 Å². The molecule has 1 aromatic rings. The summed E-state index contributed by atoms with van der Waals surface area (Å²) in [5.74, 6) is 0. The predicted molar refractivity (Wildman–Crippen MR) is 78.1 cm³/mol. The lowest BCUT2D eigenvalue weighted by Gasteiger charge is -2.53. The van der Waals surface area contributed by atoms with Gasteiger partial charge in [-0.2, -0.15) is 0 Å². The zero-order valence-electron chi connectivity index (χ0n) is 12.3. The molecule has 0 amide bonds. The second-order valence-corrected chi connectivity index (χ2v) is 7.16. The van der Waals surface area contributed by atoms with Gasteiger partial charge in [-0.3, -0.25) is 0 Å². The van der Waals surface area contributed by atoms with E-state index in [1.165, 1.54) is 5.56 Å². The first-order valence-corrected chi connectivity index (χ1v) is 7.09. The molecule has 1 nitrogen and oxygen atoms in total. The van der Waals surface area contributed by atoms with Crippen LogP contribution in [0.15, 0.2) is 30.3 Å². The molecular formula is C15H26OSi. The van der Waals surface area contributed by atoms with Crippen molar-refractivity contribution in [1.29, 1.82) is 0 Å². The summed E-state index contributed by atoms with van der Waals surface area (Å²) in [5.41, 5.74) is 1.19. The number of benzene rings is 1. The van der Waals surface area contributed by atoms with Crippen LogP contribution in [0.5, 0.6) is 0 Å². The van der Waals surface area contributed by atoms with Gasteiger partial charge in [0.25, 0.3) is 0 Å². The van der Waals surface area contributed by atoms with Gasteiger partial charge >= 0.3 is 0 Å². The van der Waals surface area contributed by atoms with Crippen LogP contribution in [0, 0.1) is 10.8 Å². The molecule has 0 fully saturated rings. The zero-order chi connectivity index (χ0) is 13.3. The quantitative estimate of drug-likeness (QED) is 0.732. The van der Waals surface area contributed by atoms with Crippen molar-refractivity contribution in [3.63, 3.8) is 0 Å². The van der Waals surface area contributed by atoms with Crippen LogP contribution in [0.4, 0.5) is 0 Å². The Balaban J connectivity index is 3.49. The van der Waals surface area contributed by atoms with E-state index < -0.39 is 0 Å². The first kappa shape index (κ1) is 14.5. The Kier molecular flexibility index (Phi) is 3.90. The maximum absolute atomic E-state index is 6.19. The lowest BCUT2D eigenvalue weighted by atomic mass is 9.59. The van der Waals surface area contributed by atoms with Gasteiger partial charge in [0.1, 0.15) is 10.5 Å². The number of hydrogen-bond donors (Lipinski definition) is 0. The van der Waals surface area contributed by atoms with E-state index in [1.54, 1.807) is 0 Å². The number of hydrogen-bond acceptors (Lipinski definition) is 1. The maximum atomic E-state index is 6.19. The Morgan fingerprint density at radius 1 is 0.824 bits per heavy atom. The molecule has 1 aromatic carbocycles. The molecule has 0 aromatic heterocycles.